The van der Waals surface area contributed by atoms with Gasteiger partial charge in [0.05, 0.1) is 12.2 Å². The molecular formula is C21H18FNO3. The first-order chi connectivity index (χ1) is 12.6. The number of ether oxygens (including phenoxy) is 1. The molecular weight excluding hydrogens is 333 g/mol. The molecule has 0 radical (unpaired) electrons. The third kappa shape index (κ3) is 4.60. The van der Waals surface area contributed by atoms with E-state index in [1.165, 1.54) is 11.6 Å². The predicted molar refractivity (Wildman–Crippen MR) is 98.1 cm³/mol. The Balaban J connectivity index is 1.61. The molecule has 0 aliphatic carbocycles. The van der Waals surface area contributed by atoms with Crippen LogP contribution in [0.5, 0.6) is 11.5 Å². The van der Waals surface area contributed by atoms with Crippen LogP contribution in [0.3, 0.4) is 0 Å². The molecule has 3 aromatic rings. The number of carbonyl (C=O) groups is 1. The molecule has 0 heterocycles. The molecule has 0 saturated heterocycles. The van der Waals surface area contributed by atoms with Crippen molar-refractivity contribution in [2.45, 2.75) is 6.42 Å². The van der Waals surface area contributed by atoms with Gasteiger partial charge in [0.15, 0.2) is 0 Å². The average Bonchev–Trinajstić information content (AvgIpc) is 2.63. The van der Waals surface area contributed by atoms with Crippen molar-refractivity contribution in [2.24, 2.45) is 0 Å². The van der Waals surface area contributed by atoms with Crippen molar-refractivity contribution in [2.75, 3.05) is 11.9 Å². The number of carbonyl (C=O) groups excluding carboxylic acids is 1. The summed E-state index contributed by atoms with van der Waals surface area (Å²) in [4.78, 5) is 12.2. The van der Waals surface area contributed by atoms with E-state index in [-0.39, 0.29) is 5.56 Å². The molecule has 0 unspecified atom stereocenters. The molecule has 1 amide bonds. The van der Waals surface area contributed by atoms with Gasteiger partial charge < -0.3 is 15.2 Å². The fourth-order valence-electron chi connectivity index (χ4n) is 2.49. The van der Waals surface area contributed by atoms with Gasteiger partial charge in [0, 0.05) is 24.2 Å². The van der Waals surface area contributed by atoms with Crippen molar-refractivity contribution < 1.29 is 19.0 Å². The second-order valence-electron chi connectivity index (χ2n) is 5.73. The number of phenolic OH excluding ortho intramolecular Hbond substituents is 1. The highest BCUT2D eigenvalue weighted by molar-refractivity contribution is 6.06. The Hall–Kier alpha value is -3.34. The Morgan fingerprint density at radius 1 is 1.00 bits per heavy atom. The zero-order chi connectivity index (χ0) is 18.4. The van der Waals surface area contributed by atoms with Crippen molar-refractivity contribution in [1.29, 1.82) is 0 Å². The maximum atomic E-state index is 13.0. The molecule has 0 atom stereocenters. The molecule has 0 aliphatic rings. The largest absolute Gasteiger partial charge is 0.507 e. The predicted octanol–water partition coefficient (Wildman–Crippen LogP) is 4.41. The zero-order valence-electron chi connectivity index (χ0n) is 14.0. The highest BCUT2D eigenvalue weighted by Crippen LogP contribution is 2.22. The van der Waals surface area contributed by atoms with Gasteiger partial charge in [0.1, 0.15) is 17.3 Å². The minimum Gasteiger partial charge on any atom is -0.507 e. The molecule has 0 fully saturated rings. The van der Waals surface area contributed by atoms with Gasteiger partial charge >= 0.3 is 0 Å². The molecule has 5 heteroatoms. The van der Waals surface area contributed by atoms with E-state index in [1.807, 2.05) is 30.3 Å². The number of hydrogen-bond donors (Lipinski definition) is 2. The number of nitrogens with one attached hydrogen (secondary N) is 1. The first-order valence-electron chi connectivity index (χ1n) is 8.18. The third-order valence-corrected chi connectivity index (χ3v) is 3.80. The van der Waals surface area contributed by atoms with Crippen LogP contribution < -0.4 is 10.1 Å². The van der Waals surface area contributed by atoms with Crippen LogP contribution in [-0.4, -0.2) is 17.6 Å². The van der Waals surface area contributed by atoms with Crippen LogP contribution in [0.4, 0.5) is 10.1 Å². The normalized spacial score (nSPS) is 10.3. The maximum Gasteiger partial charge on any atom is 0.259 e. The summed E-state index contributed by atoms with van der Waals surface area (Å²) >= 11 is 0. The highest BCUT2D eigenvalue weighted by atomic mass is 19.1. The van der Waals surface area contributed by atoms with E-state index >= 15 is 0 Å². The molecule has 132 valence electrons. The first-order valence-corrected chi connectivity index (χ1v) is 8.18. The molecule has 0 aliphatic heterocycles. The van der Waals surface area contributed by atoms with Gasteiger partial charge in [-0.3, -0.25) is 4.79 Å². The Labute approximate surface area is 150 Å². The lowest BCUT2D eigenvalue weighted by molar-refractivity contribution is 0.102. The minimum absolute atomic E-state index is 0.00167. The molecule has 0 saturated carbocycles. The van der Waals surface area contributed by atoms with E-state index in [2.05, 4.69) is 5.32 Å². The molecule has 0 spiro atoms. The van der Waals surface area contributed by atoms with Gasteiger partial charge in [-0.1, -0.05) is 36.4 Å². The molecule has 3 rings (SSSR count). The summed E-state index contributed by atoms with van der Waals surface area (Å²) in [5.41, 5.74) is 1.71. The standard InChI is InChI=1S/C21H18FNO3/c22-16-9-10-19(20(24)13-16)21(25)23-17-7-4-8-18(14-17)26-12-11-15-5-2-1-3-6-15/h1-10,13-14,24H,11-12H2,(H,23,25). The van der Waals surface area contributed by atoms with Crippen LogP contribution in [0.2, 0.25) is 0 Å². The van der Waals surface area contributed by atoms with Crippen LogP contribution in [0.1, 0.15) is 15.9 Å². The summed E-state index contributed by atoms with van der Waals surface area (Å²) in [5, 5.41) is 12.4. The number of rotatable bonds is 6. The Morgan fingerprint density at radius 2 is 1.81 bits per heavy atom. The number of halogens is 1. The van der Waals surface area contributed by atoms with Crippen LogP contribution in [0, 0.1) is 5.82 Å². The Morgan fingerprint density at radius 3 is 2.58 bits per heavy atom. The minimum atomic E-state index is -0.604. The summed E-state index contributed by atoms with van der Waals surface area (Å²) < 4.78 is 18.8. The second kappa shape index (κ2) is 8.16. The number of aromatic hydroxyl groups is 1. The molecule has 0 bridgehead atoms. The Kier molecular flexibility index (Phi) is 5.49. The molecule has 0 aromatic heterocycles. The van der Waals surface area contributed by atoms with Gasteiger partial charge in [0.25, 0.3) is 5.91 Å². The van der Waals surface area contributed by atoms with E-state index in [4.69, 9.17) is 4.74 Å². The van der Waals surface area contributed by atoms with Crippen molar-refractivity contribution in [3.8, 4) is 11.5 Å². The monoisotopic (exact) mass is 351 g/mol. The number of anilines is 1. The van der Waals surface area contributed by atoms with Crippen LogP contribution >= 0.6 is 0 Å². The van der Waals surface area contributed by atoms with Crippen molar-refractivity contribution in [3.05, 3.63) is 89.7 Å². The van der Waals surface area contributed by atoms with Gasteiger partial charge in [-0.05, 0) is 29.8 Å². The van der Waals surface area contributed by atoms with Crippen LogP contribution in [0.15, 0.2) is 72.8 Å². The summed E-state index contributed by atoms with van der Waals surface area (Å²) in [5.74, 6) is -0.906. The first kappa shape index (κ1) is 17.5. The smallest absolute Gasteiger partial charge is 0.259 e. The van der Waals surface area contributed by atoms with E-state index in [1.54, 1.807) is 24.3 Å². The van der Waals surface area contributed by atoms with Gasteiger partial charge in [-0.2, -0.15) is 0 Å². The number of hydrogen-bond acceptors (Lipinski definition) is 3. The van der Waals surface area contributed by atoms with E-state index in [0.717, 1.165) is 18.6 Å². The lowest BCUT2D eigenvalue weighted by atomic mass is 10.1. The lowest BCUT2D eigenvalue weighted by Gasteiger charge is -2.10. The van der Waals surface area contributed by atoms with E-state index < -0.39 is 17.5 Å². The summed E-state index contributed by atoms with van der Waals surface area (Å²) in [6.45, 7) is 0.514. The highest BCUT2D eigenvalue weighted by Gasteiger charge is 2.12. The Bertz CT molecular complexity index is 897. The van der Waals surface area contributed by atoms with E-state index in [9.17, 15) is 14.3 Å². The van der Waals surface area contributed by atoms with Crippen LogP contribution in [-0.2, 0) is 6.42 Å². The number of phenols is 1. The molecule has 3 aromatic carbocycles. The van der Waals surface area contributed by atoms with Gasteiger partial charge in [-0.15, -0.1) is 0 Å². The fourth-order valence-corrected chi connectivity index (χ4v) is 2.49. The summed E-state index contributed by atoms with van der Waals surface area (Å²) in [6.07, 6.45) is 0.779. The average molecular weight is 351 g/mol. The van der Waals surface area contributed by atoms with Crippen molar-refractivity contribution >= 4 is 11.6 Å². The number of benzene rings is 3. The summed E-state index contributed by atoms with van der Waals surface area (Å²) in [7, 11) is 0. The third-order valence-electron chi connectivity index (χ3n) is 3.80. The summed E-state index contributed by atoms with van der Waals surface area (Å²) in [6, 6.07) is 20.2. The quantitative estimate of drug-likeness (QED) is 0.692. The molecule has 4 nitrogen and oxygen atoms in total. The zero-order valence-corrected chi connectivity index (χ0v) is 14.0. The topological polar surface area (TPSA) is 58.6 Å². The second-order valence-corrected chi connectivity index (χ2v) is 5.73. The van der Waals surface area contributed by atoms with Crippen LogP contribution in [0.25, 0.3) is 0 Å². The SMILES string of the molecule is O=C(Nc1cccc(OCCc2ccccc2)c1)c1ccc(F)cc1O. The van der Waals surface area contributed by atoms with E-state index in [0.29, 0.717) is 18.0 Å². The molecule has 2 N–H and O–H groups in total. The maximum absolute atomic E-state index is 13.0. The molecule has 26 heavy (non-hydrogen) atoms. The number of amides is 1. The lowest BCUT2D eigenvalue weighted by Crippen LogP contribution is -2.12. The fraction of sp³-hybridized carbons (Fsp3) is 0.0952. The van der Waals surface area contributed by atoms with Gasteiger partial charge in [0.2, 0.25) is 0 Å². The van der Waals surface area contributed by atoms with Crippen molar-refractivity contribution in [3.63, 3.8) is 0 Å². The van der Waals surface area contributed by atoms with Crippen molar-refractivity contribution in [1.82, 2.24) is 0 Å². The van der Waals surface area contributed by atoms with Gasteiger partial charge in [-0.25, -0.2) is 4.39 Å².